The van der Waals surface area contributed by atoms with E-state index in [1.54, 1.807) is 13.2 Å². The molecule has 1 aliphatic rings. The number of methoxy groups -OCH3 is 1. The van der Waals surface area contributed by atoms with Gasteiger partial charge in [-0.25, -0.2) is 4.39 Å². The van der Waals surface area contributed by atoms with Crippen LogP contribution in [0.1, 0.15) is 12.5 Å². The van der Waals surface area contributed by atoms with Gasteiger partial charge in [0, 0.05) is 17.3 Å². The lowest BCUT2D eigenvalue weighted by atomic mass is 10.1. The molecule has 1 amide bonds. The van der Waals surface area contributed by atoms with Gasteiger partial charge in [0.1, 0.15) is 44.3 Å². The molecule has 0 spiro atoms. The molecule has 3 N–H and O–H groups in total. The van der Waals surface area contributed by atoms with E-state index in [4.69, 9.17) is 4.74 Å². The maximum Gasteiger partial charge on any atom is 0.282 e. The second-order valence-electron chi connectivity index (χ2n) is 7.12. The molecule has 1 atom stereocenters. The van der Waals surface area contributed by atoms with Crippen molar-refractivity contribution < 1.29 is 23.7 Å². The Morgan fingerprint density at radius 2 is 1.89 bits per heavy atom. The summed E-state index contributed by atoms with van der Waals surface area (Å²) >= 11 is 0. The summed E-state index contributed by atoms with van der Waals surface area (Å²) in [5.74, 6) is 0.597. The van der Waals surface area contributed by atoms with Gasteiger partial charge in [0.15, 0.2) is 6.04 Å². The van der Waals surface area contributed by atoms with Crippen LogP contribution in [0.5, 0.6) is 5.75 Å². The van der Waals surface area contributed by atoms with Crippen molar-refractivity contribution in [2.45, 2.75) is 19.5 Å². The highest BCUT2D eigenvalue weighted by Gasteiger charge is 2.31. The zero-order chi connectivity index (χ0) is 19.2. The van der Waals surface area contributed by atoms with E-state index in [1.807, 2.05) is 43.3 Å². The number of anilines is 1. The largest absolute Gasteiger partial charge is 0.497 e. The fraction of sp³-hybridized carbons (Fsp3) is 0.381. The molecule has 6 heteroatoms. The quantitative estimate of drug-likeness (QED) is 0.675. The van der Waals surface area contributed by atoms with Crippen LogP contribution >= 0.6 is 0 Å². The smallest absolute Gasteiger partial charge is 0.282 e. The first-order valence-corrected chi connectivity index (χ1v) is 9.43. The summed E-state index contributed by atoms with van der Waals surface area (Å²) in [5.41, 5.74) is 1.51. The van der Waals surface area contributed by atoms with Gasteiger partial charge >= 0.3 is 0 Å². The summed E-state index contributed by atoms with van der Waals surface area (Å²) in [6, 6.07) is 14.2. The minimum atomic E-state index is -0.134. The van der Waals surface area contributed by atoms with Crippen LogP contribution < -0.4 is 19.9 Å². The molecule has 27 heavy (non-hydrogen) atoms. The second kappa shape index (κ2) is 8.97. The third kappa shape index (κ3) is 5.05. The van der Waals surface area contributed by atoms with Crippen molar-refractivity contribution >= 4 is 11.6 Å². The van der Waals surface area contributed by atoms with Crippen molar-refractivity contribution in [3.8, 4) is 5.75 Å². The number of hydrogen-bond donors (Lipinski definition) is 3. The van der Waals surface area contributed by atoms with Gasteiger partial charge in [-0.2, -0.15) is 0 Å². The number of carbonyl (C=O) groups excluding carboxylic acids is 1. The topological polar surface area (TPSA) is 47.2 Å². The molecule has 0 aromatic heterocycles. The van der Waals surface area contributed by atoms with E-state index in [1.165, 1.54) is 15.9 Å². The van der Waals surface area contributed by atoms with Gasteiger partial charge in [-0.1, -0.05) is 24.3 Å². The standard InChI is InChI=1S/C21H26FN3O2/c1-16(21(26)23-18-7-5-8-19(14-18)27-2)25-12-10-24(11-13-25)15-17-6-3-4-9-20(17)22/h3-9,14,16H,10-13,15H2,1-2H3,(H,23,26)/p+2/t16-/m1/s1. The van der Waals surface area contributed by atoms with Gasteiger partial charge in [0.2, 0.25) is 0 Å². The van der Waals surface area contributed by atoms with Gasteiger partial charge in [0.05, 0.1) is 7.11 Å². The maximum atomic E-state index is 13.8. The predicted molar refractivity (Wildman–Crippen MR) is 103 cm³/mol. The van der Waals surface area contributed by atoms with E-state index < -0.39 is 0 Å². The molecule has 1 aliphatic heterocycles. The van der Waals surface area contributed by atoms with Crippen LogP contribution in [0.3, 0.4) is 0 Å². The van der Waals surface area contributed by atoms with E-state index in [0.29, 0.717) is 6.54 Å². The summed E-state index contributed by atoms with van der Waals surface area (Å²) in [5, 5.41) is 2.98. The van der Waals surface area contributed by atoms with Crippen molar-refractivity contribution in [1.82, 2.24) is 0 Å². The van der Waals surface area contributed by atoms with E-state index in [2.05, 4.69) is 5.32 Å². The Kier molecular flexibility index (Phi) is 6.42. The van der Waals surface area contributed by atoms with Gasteiger partial charge < -0.3 is 19.9 Å². The van der Waals surface area contributed by atoms with Crippen LogP contribution in [-0.4, -0.2) is 45.2 Å². The van der Waals surface area contributed by atoms with Gasteiger partial charge in [-0.3, -0.25) is 4.79 Å². The fourth-order valence-corrected chi connectivity index (χ4v) is 3.58. The number of rotatable bonds is 6. The van der Waals surface area contributed by atoms with Crippen molar-refractivity contribution in [2.75, 3.05) is 38.6 Å². The van der Waals surface area contributed by atoms with Crippen molar-refractivity contribution in [3.05, 3.63) is 59.9 Å². The molecule has 2 aromatic carbocycles. The van der Waals surface area contributed by atoms with Crippen LogP contribution in [0.15, 0.2) is 48.5 Å². The molecule has 1 heterocycles. The minimum Gasteiger partial charge on any atom is -0.497 e. The molecule has 5 nitrogen and oxygen atoms in total. The summed E-state index contributed by atoms with van der Waals surface area (Å²) in [4.78, 5) is 15.2. The van der Waals surface area contributed by atoms with Crippen LogP contribution in [-0.2, 0) is 11.3 Å². The molecule has 1 saturated heterocycles. The van der Waals surface area contributed by atoms with E-state index >= 15 is 0 Å². The number of halogens is 1. The first kappa shape index (κ1) is 19.3. The number of quaternary nitrogens is 2. The minimum absolute atomic E-state index is 0.0100. The number of benzene rings is 2. The Bertz CT molecular complexity index is 776. The average molecular weight is 373 g/mol. The summed E-state index contributed by atoms with van der Waals surface area (Å²) in [6.07, 6.45) is 0. The molecule has 2 aromatic rings. The first-order chi connectivity index (χ1) is 13.1. The van der Waals surface area contributed by atoms with Crippen molar-refractivity contribution in [2.24, 2.45) is 0 Å². The molecule has 1 fully saturated rings. The zero-order valence-electron chi connectivity index (χ0n) is 15.9. The molecule has 0 radical (unpaired) electrons. The Labute approximate surface area is 159 Å². The van der Waals surface area contributed by atoms with Crippen LogP contribution in [0.4, 0.5) is 10.1 Å². The lowest BCUT2D eigenvalue weighted by molar-refractivity contribution is -1.02. The molecular weight excluding hydrogens is 345 g/mol. The number of piperazine rings is 1. The van der Waals surface area contributed by atoms with Crippen LogP contribution in [0.25, 0.3) is 0 Å². The summed E-state index contributed by atoms with van der Waals surface area (Å²) in [7, 11) is 1.61. The van der Waals surface area contributed by atoms with Gasteiger partial charge in [-0.05, 0) is 25.1 Å². The number of amides is 1. The highest BCUT2D eigenvalue weighted by Crippen LogP contribution is 2.16. The normalized spacial score (nSPS) is 20.7. The van der Waals surface area contributed by atoms with Crippen molar-refractivity contribution in [3.63, 3.8) is 0 Å². The molecule has 3 rings (SSSR count). The predicted octanol–water partition coefficient (Wildman–Crippen LogP) is 0.145. The molecule has 0 bridgehead atoms. The SMILES string of the molecule is COc1cccc(NC(=O)[C@@H](C)[NH+]2CC[NH+](Cc3ccccc3F)CC2)c1. The Balaban J connectivity index is 1.51. The zero-order valence-corrected chi connectivity index (χ0v) is 15.9. The molecular formula is C21H28FN3O2+2. The molecule has 0 unspecified atom stereocenters. The Morgan fingerprint density at radius 3 is 2.59 bits per heavy atom. The average Bonchev–Trinajstić information content (AvgIpc) is 2.70. The third-order valence-corrected chi connectivity index (χ3v) is 5.34. The Hall–Kier alpha value is -2.44. The Morgan fingerprint density at radius 1 is 1.15 bits per heavy atom. The highest BCUT2D eigenvalue weighted by molar-refractivity contribution is 5.93. The molecule has 0 aliphatic carbocycles. The van der Waals surface area contributed by atoms with Crippen LogP contribution in [0.2, 0.25) is 0 Å². The maximum absolute atomic E-state index is 13.8. The lowest BCUT2D eigenvalue weighted by Gasteiger charge is -2.32. The van der Waals surface area contributed by atoms with Crippen molar-refractivity contribution in [1.29, 1.82) is 0 Å². The lowest BCUT2D eigenvalue weighted by Crippen LogP contribution is -3.29. The number of hydrogen-bond acceptors (Lipinski definition) is 2. The van der Waals surface area contributed by atoms with Crippen LogP contribution in [0, 0.1) is 5.82 Å². The molecule has 144 valence electrons. The molecule has 0 saturated carbocycles. The summed E-state index contributed by atoms with van der Waals surface area (Å²) < 4.78 is 19.0. The second-order valence-corrected chi connectivity index (χ2v) is 7.12. The summed E-state index contributed by atoms with van der Waals surface area (Å²) in [6.45, 7) is 6.32. The van der Waals surface area contributed by atoms with Gasteiger partial charge in [0.25, 0.3) is 5.91 Å². The number of ether oxygens (including phenoxy) is 1. The van der Waals surface area contributed by atoms with E-state index in [9.17, 15) is 9.18 Å². The third-order valence-electron chi connectivity index (χ3n) is 5.34. The first-order valence-electron chi connectivity index (χ1n) is 9.43. The van der Waals surface area contributed by atoms with E-state index in [0.717, 1.165) is 43.2 Å². The van der Waals surface area contributed by atoms with E-state index in [-0.39, 0.29) is 17.8 Å². The highest BCUT2D eigenvalue weighted by atomic mass is 19.1. The monoisotopic (exact) mass is 373 g/mol. The number of nitrogens with one attached hydrogen (secondary N) is 3. The van der Waals surface area contributed by atoms with Gasteiger partial charge in [-0.15, -0.1) is 0 Å². The number of carbonyl (C=O) groups is 1. The fourth-order valence-electron chi connectivity index (χ4n) is 3.58.